The van der Waals surface area contributed by atoms with Crippen LogP contribution in [0.3, 0.4) is 0 Å². The van der Waals surface area contributed by atoms with Gasteiger partial charge in [-0.3, -0.25) is 4.74 Å². The van der Waals surface area contributed by atoms with E-state index in [-0.39, 0.29) is 0 Å². The Kier molecular flexibility index (Phi) is 3.17. The second-order valence-electron chi connectivity index (χ2n) is 2.36. The summed E-state index contributed by atoms with van der Waals surface area (Å²) in [5.41, 5.74) is 0.432. The maximum Gasteiger partial charge on any atom is 0.522 e. The van der Waals surface area contributed by atoms with Crippen molar-refractivity contribution in [1.29, 1.82) is 0 Å². The lowest BCUT2D eigenvalue weighted by atomic mass is 10.2. The number of ether oxygens (including phenoxy) is 1. The van der Waals surface area contributed by atoms with E-state index < -0.39 is 13.0 Å². The molecule has 1 aromatic carbocycles. The highest BCUT2D eigenvalue weighted by Crippen LogP contribution is 2.19. The van der Waals surface area contributed by atoms with E-state index in [2.05, 4.69) is 4.74 Å². The van der Waals surface area contributed by atoms with Crippen LogP contribution >= 0.6 is 11.6 Å². The highest BCUT2D eigenvalue weighted by molar-refractivity contribution is 6.30. The first-order valence-corrected chi connectivity index (χ1v) is 3.80. The van der Waals surface area contributed by atoms with Crippen molar-refractivity contribution in [3.63, 3.8) is 0 Å². The Morgan fingerprint density at radius 1 is 1.15 bits per heavy atom. The lowest BCUT2D eigenvalue weighted by Crippen LogP contribution is -2.12. The largest absolute Gasteiger partial charge is 0.522 e. The maximum absolute atomic E-state index is 11.6. The molecule has 1 aromatic rings. The van der Waals surface area contributed by atoms with Crippen LogP contribution in [0.2, 0.25) is 5.02 Å². The summed E-state index contributed by atoms with van der Waals surface area (Å²) in [5, 5.41) is 0.482. The summed E-state index contributed by atoms with van der Waals surface area (Å²) in [6.45, 7) is -0.485. The summed E-state index contributed by atoms with van der Waals surface area (Å²) in [6.07, 6.45) is -4.58. The van der Waals surface area contributed by atoms with Crippen molar-refractivity contribution in [1.82, 2.24) is 0 Å². The molecule has 0 aliphatic heterocycles. The standard InChI is InChI=1S/C8H6ClF3O/c9-7-3-1-6(2-4-7)5-13-8(10,11)12/h1-4H,5H2. The molecule has 0 amide bonds. The van der Waals surface area contributed by atoms with Crippen molar-refractivity contribution in [2.45, 2.75) is 13.0 Å². The lowest BCUT2D eigenvalue weighted by Gasteiger charge is -2.06. The normalized spacial score (nSPS) is 11.7. The van der Waals surface area contributed by atoms with Gasteiger partial charge >= 0.3 is 6.36 Å². The van der Waals surface area contributed by atoms with Gasteiger partial charge in [0, 0.05) is 5.02 Å². The first-order chi connectivity index (χ1) is 5.97. The van der Waals surface area contributed by atoms with E-state index in [0.717, 1.165) is 0 Å². The molecule has 72 valence electrons. The Labute approximate surface area is 78.1 Å². The molecule has 0 heterocycles. The van der Waals surface area contributed by atoms with Gasteiger partial charge in [0.05, 0.1) is 6.61 Å². The zero-order valence-corrected chi connectivity index (χ0v) is 7.19. The number of alkyl halides is 3. The summed E-state index contributed by atoms with van der Waals surface area (Å²) in [6, 6.07) is 5.98. The van der Waals surface area contributed by atoms with Gasteiger partial charge in [0.15, 0.2) is 0 Å². The summed E-state index contributed by atoms with van der Waals surface area (Å²) in [5.74, 6) is 0. The van der Waals surface area contributed by atoms with Gasteiger partial charge in [0.2, 0.25) is 0 Å². The van der Waals surface area contributed by atoms with Crippen LogP contribution in [0, 0.1) is 0 Å². The van der Waals surface area contributed by atoms with Crippen LogP contribution in [0.15, 0.2) is 24.3 Å². The van der Waals surface area contributed by atoms with Gasteiger partial charge in [-0.25, -0.2) is 0 Å². The van der Waals surface area contributed by atoms with Crippen molar-refractivity contribution in [3.05, 3.63) is 34.9 Å². The zero-order valence-electron chi connectivity index (χ0n) is 6.44. The lowest BCUT2D eigenvalue weighted by molar-refractivity contribution is -0.330. The molecule has 5 heteroatoms. The molecule has 0 saturated heterocycles. The van der Waals surface area contributed by atoms with Crippen LogP contribution in [0.1, 0.15) is 5.56 Å². The number of benzene rings is 1. The van der Waals surface area contributed by atoms with Gasteiger partial charge in [-0.1, -0.05) is 23.7 Å². The fourth-order valence-corrected chi connectivity index (χ4v) is 0.872. The van der Waals surface area contributed by atoms with Crippen LogP contribution in [-0.2, 0) is 11.3 Å². The molecule has 1 nitrogen and oxygen atoms in total. The summed E-state index contributed by atoms with van der Waals surface area (Å²) < 4.78 is 38.3. The molecule has 0 N–H and O–H groups in total. The van der Waals surface area contributed by atoms with Crippen LogP contribution in [0.5, 0.6) is 0 Å². The SMILES string of the molecule is FC(F)(F)OCc1ccc(Cl)cc1. The van der Waals surface area contributed by atoms with Crippen molar-refractivity contribution < 1.29 is 17.9 Å². The molecule has 1 rings (SSSR count). The van der Waals surface area contributed by atoms with Gasteiger partial charge in [-0.2, -0.15) is 0 Å². The molecule has 0 aromatic heterocycles. The third kappa shape index (κ3) is 4.15. The first-order valence-electron chi connectivity index (χ1n) is 3.42. The Bertz CT molecular complexity index is 268. The predicted octanol–water partition coefficient (Wildman–Crippen LogP) is 3.38. The molecular formula is C8H6ClF3O. The molecule has 0 spiro atoms. The van der Waals surface area contributed by atoms with E-state index in [0.29, 0.717) is 10.6 Å². The molecule has 0 unspecified atom stereocenters. The summed E-state index contributed by atoms with van der Waals surface area (Å²) in [7, 11) is 0. The topological polar surface area (TPSA) is 9.23 Å². The quantitative estimate of drug-likeness (QED) is 0.727. The Morgan fingerprint density at radius 3 is 2.15 bits per heavy atom. The van der Waals surface area contributed by atoms with Gasteiger partial charge in [-0.05, 0) is 17.7 Å². The predicted molar refractivity (Wildman–Crippen MR) is 42.3 cm³/mol. The Balaban J connectivity index is 2.51. The van der Waals surface area contributed by atoms with Crippen LogP contribution < -0.4 is 0 Å². The molecule has 0 bridgehead atoms. The summed E-state index contributed by atoms with van der Waals surface area (Å²) >= 11 is 5.54. The second kappa shape index (κ2) is 3.98. The highest BCUT2D eigenvalue weighted by atomic mass is 35.5. The molecule has 0 atom stereocenters. The maximum atomic E-state index is 11.6. The fraction of sp³-hybridized carbons (Fsp3) is 0.250. The molecule has 0 saturated carbocycles. The zero-order chi connectivity index (χ0) is 9.90. The summed E-state index contributed by atoms with van der Waals surface area (Å²) in [4.78, 5) is 0. The molecule has 13 heavy (non-hydrogen) atoms. The van der Waals surface area contributed by atoms with Crippen LogP contribution in [0.4, 0.5) is 13.2 Å². The molecule has 0 fully saturated rings. The molecular weight excluding hydrogens is 205 g/mol. The van der Waals surface area contributed by atoms with Crippen molar-refractivity contribution in [2.24, 2.45) is 0 Å². The Hall–Kier alpha value is -0.740. The minimum atomic E-state index is -4.58. The Morgan fingerprint density at radius 2 is 1.69 bits per heavy atom. The third-order valence-electron chi connectivity index (χ3n) is 1.32. The number of rotatable bonds is 2. The van der Waals surface area contributed by atoms with Crippen LogP contribution in [0.25, 0.3) is 0 Å². The van der Waals surface area contributed by atoms with E-state index >= 15 is 0 Å². The van der Waals surface area contributed by atoms with E-state index in [9.17, 15) is 13.2 Å². The highest BCUT2D eigenvalue weighted by Gasteiger charge is 2.28. The number of hydrogen-bond donors (Lipinski definition) is 0. The fourth-order valence-electron chi connectivity index (χ4n) is 0.746. The number of halogens is 4. The first kappa shape index (κ1) is 10.3. The van der Waals surface area contributed by atoms with Gasteiger partial charge < -0.3 is 0 Å². The van der Waals surface area contributed by atoms with Crippen LogP contribution in [-0.4, -0.2) is 6.36 Å². The van der Waals surface area contributed by atoms with E-state index in [1.165, 1.54) is 24.3 Å². The van der Waals surface area contributed by atoms with E-state index in [1.54, 1.807) is 0 Å². The average Bonchev–Trinajstić information content (AvgIpc) is 2.02. The van der Waals surface area contributed by atoms with Gasteiger partial charge in [0.1, 0.15) is 0 Å². The molecule has 0 aliphatic rings. The second-order valence-corrected chi connectivity index (χ2v) is 2.80. The average molecular weight is 211 g/mol. The minimum Gasteiger partial charge on any atom is -0.287 e. The third-order valence-corrected chi connectivity index (χ3v) is 1.57. The van der Waals surface area contributed by atoms with Crippen molar-refractivity contribution in [2.75, 3.05) is 0 Å². The monoisotopic (exact) mass is 210 g/mol. The van der Waals surface area contributed by atoms with Gasteiger partial charge in [-0.15, -0.1) is 13.2 Å². The van der Waals surface area contributed by atoms with Crippen molar-refractivity contribution >= 4 is 11.6 Å². The van der Waals surface area contributed by atoms with E-state index in [4.69, 9.17) is 11.6 Å². The molecule has 0 aliphatic carbocycles. The van der Waals surface area contributed by atoms with E-state index in [1.807, 2.05) is 0 Å². The minimum absolute atomic E-state index is 0.432. The smallest absolute Gasteiger partial charge is 0.287 e. The van der Waals surface area contributed by atoms with Crippen molar-refractivity contribution in [3.8, 4) is 0 Å². The molecule has 0 radical (unpaired) electrons. The number of hydrogen-bond acceptors (Lipinski definition) is 1. The van der Waals surface area contributed by atoms with Gasteiger partial charge in [0.25, 0.3) is 0 Å².